The van der Waals surface area contributed by atoms with Crippen molar-refractivity contribution in [2.75, 3.05) is 26.8 Å². The SMILES string of the molecule is COc1cc(C=CC(=O)NCCNC(=O)C2CC2)ccc1OCC(C)C. The third-order valence-corrected chi connectivity index (χ3v) is 3.86. The van der Waals surface area contributed by atoms with E-state index < -0.39 is 0 Å². The van der Waals surface area contributed by atoms with Gasteiger partial charge >= 0.3 is 0 Å². The number of methoxy groups -OCH3 is 1. The van der Waals surface area contributed by atoms with Gasteiger partial charge in [0.2, 0.25) is 11.8 Å². The number of carbonyl (C=O) groups excluding carboxylic acids is 2. The number of rotatable bonds is 10. The molecular formula is C20H28N2O4. The Balaban J connectivity index is 1.78. The summed E-state index contributed by atoms with van der Waals surface area (Å²) in [6, 6.07) is 5.54. The zero-order chi connectivity index (χ0) is 18.9. The highest BCUT2D eigenvalue weighted by molar-refractivity contribution is 5.91. The fraction of sp³-hybridized carbons (Fsp3) is 0.500. The van der Waals surface area contributed by atoms with E-state index in [2.05, 4.69) is 24.5 Å². The molecule has 0 unspecified atom stereocenters. The fourth-order valence-electron chi connectivity index (χ4n) is 2.26. The van der Waals surface area contributed by atoms with Crippen LogP contribution < -0.4 is 20.1 Å². The lowest BCUT2D eigenvalue weighted by Crippen LogP contribution is -2.34. The van der Waals surface area contributed by atoms with E-state index in [1.807, 2.05) is 18.2 Å². The highest BCUT2D eigenvalue weighted by Gasteiger charge is 2.28. The van der Waals surface area contributed by atoms with Gasteiger partial charge in [0.05, 0.1) is 13.7 Å². The number of amides is 2. The van der Waals surface area contributed by atoms with E-state index in [0.29, 0.717) is 37.1 Å². The number of ether oxygens (including phenoxy) is 2. The number of carbonyl (C=O) groups is 2. The van der Waals surface area contributed by atoms with Gasteiger partial charge in [-0.25, -0.2) is 0 Å². The molecule has 6 heteroatoms. The molecule has 0 heterocycles. The predicted molar refractivity (Wildman–Crippen MR) is 101 cm³/mol. The molecular weight excluding hydrogens is 332 g/mol. The Morgan fingerprint density at radius 1 is 1.19 bits per heavy atom. The Bertz CT molecular complexity index is 651. The monoisotopic (exact) mass is 360 g/mol. The molecule has 0 bridgehead atoms. The minimum absolute atomic E-state index is 0.0849. The summed E-state index contributed by atoms with van der Waals surface area (Å²) < 4.78 is 11.1. The van der Waals surface area contributed by atoms with Gasteiger partial charge in [-0.05, 0) is 42.5 Å². The third kappa shape index (κ3) is 6.78. The number of benzene rings is 1. The maximum absolute atomic E-state index is 11.8. The average Bonchev–Trinajstić information content (AvgIpc) is 3.47. The van der Waals surface area contributed by atoms with E-state index in [1.165, 1.54) is 6.08 Å². The van der Waals surface area contributed by atoms with Gasteiger partial charge in [-0.2, -0.15) is 0 Å². The van der Waals surface area contributed by atoms with Crippen LogP contribution in [0.3, 0.4) is 0 Å². The Morgan fingerprint density at radius 2 is 1.92 bits per heavy atom. The molecule has 0 atom stereocenters. The topological polar surface area (TPSA) is 76.7 Å². The van der Waals surface area contributed by atoms with Gasteiger partial charge < -0.3 is 20.1 Å². The van der Waals surface area contributed by atoms with Crippen molar-refractivity contribution in [1.29, 1.82) is 0 Å². The van der Waals surface area contributed by atoms with E-state index in [9.17, 15) is 9.59 Å². The molecule has 2 amide bonds. The predicted octanol–water partition coefficient (Wildman–Crippen LogP) is 2.39. The normalized spacial score (nSPS) is 13.7. The molecule has 0 spiro atoms. The highest BCUT2D eigenvalue weighted by atomic mass is 16.5. The van der Waals surface area contributed by atoms with Crippen molar-refractivity contribution in [1.82, 2.24) is 10.6 Å². The van der Waals surface area contributed by atoms with Crippen molar-refractivity contribution < 1.29 is 19.1 Å². The van der Waals surface area contributed by atoms with Crippen LogP contribution in [-0.4, -0.2) is 38.6 Å². The zero-order valence-electron chi connectivity index (χ0n) is 15.7. The molecule has 0 radical (unpaired) electrons. The molecule has 1 fully saturated rings. The Labute approximate surface area is 154 Å². The molecule has 2 rings (SSSR count). The maximum Gasteiger partial charge on any atom is 0.244 e. The van der Waals surface area contributed by atoms with Crippen LogP contribution >= 0.6 is 0 Å². The van der Waals surface area contributed by atoms with Crippen LogP contribution in [0.5, 0.6) is 11.5 Å². The lowest BCUT2D eigenvalue weighted by atomic mass is 10.2. The zero-order valence-corrected chi connectivity index (χ0v) is 15.7. The molecule has 26 heavy (non-hydrogen) atoms. The first-order valence-corrected chi connectivity index (χ1v) is 9.04. The van der Waals surface area contributed by atoms with Crippen LogP contribution in [-0.2, 0) is 9.59 Å². The quantitative estimate of drug-likeness (QED) is 0.496. The molecule has 142 valence electrons. The maximum atomic E-state index is 11.8. The van der Waals surface area contributed by atoms with Gasteiger partial charge in [0.1, 0.15) is 0 Å². The van der Waals surface area contributed by atoms with Gasteiger partial charge in [-0.15, -0.1) is 0 Å². The fourth-order valence-corrected chi connectivity index (χ4v) is 2.26. The average molecular weight is 360 g/mol. The number of hydrogen-bond acceptors (Lipinski definition) is 4. The second-order valence-electron chi connectivity index (χ2n) is 6.80. The van der Waals surface area contributed by atoms with Crippen molar-refractivity contribution in [2.45, 2.75) is 26.7 Å². The van der Waals surface area contributed by atoms with Gasteiger partial charge in [0.25, 0.3) is 0 Å². The van der Waals surface area contributed by atoms with Crippen LogP contribution in [0.2, 0.25) is 0 Å². The molecule has 6 nitrogen and oxygen atoms in total. The van der Waals surface area contributed by atoms with Crippen LogP contribution in [0.1, 0.15) is 32.3 Å². The summed E-state index contributed by atoms with van der Waals surface area (Å²) in [5.41, 5.74) is 0.843. The molecule has 1 aromatic carbocycles. The van der Waals surface area contributed by atoms with Crippen molar-refractivity contribution in [3.63, 3.8) is 0 Å². The summed E-state index contributed by atoms with van der Waals surface area (Å²) >= 11 is 0. The van der Waals surface area contributed by atoms with E-state index in [4.69, 9.17) is 9.47 Å². The first-order chi connectivity index (χ1) is 12.5. The lowest BCUT2D eigenvalue weighted by molar-refractivity contribution is -0.122. The van der Waals surface area contributed by atoms with Crippen LogP contribution in [0.4, 0.5) is 0 Å². The van der Waals surface area contributed by atoms with E-state index in [0.717, 1.165) is 18.4 Å². The molecule has 1 aliphatic rings. The Morgan fingerprint density at radius 3 is 2.58 bits per heavy atom. The third-order valence-electron chi connectivity index (χ3n) is 3.86. The minimum Gasteiger partial charge on any atom is -0.493 e. The molecule has 1 saturated carbocycles. The molecule has 0 aromatic heterocycles. The highest BCUT2D eigenvalue weighted by Crippen LogP contribution is 2.29. The van der Waals surface area contributed by atoms with Crippen molar-refractivity contribution in [3.8, 4) is 11.5 Å². The lowest BCUT2D eigenvalue weighted by Gasteiger charge is -2.12. The molecule has 0 aliphatic heterocycles. The van der Waals surface area contributed by atoms with E-state index >= 15 is 0 Å². The molecule has 0 saturated heterocycles. The number of nitrogens with one attached hydrogen (secondary N) is 2. The second kappa shape index (κ2) is 9.85. The van der Waals surface area contributed by atoms with Gasteiger partial charge in [0, 0.05) is 25.1 Å². The second-order valence-corrected chi connectivity index (χ2v) is 6.80. The number of hydrogen-bond donors (Lipinski definition) is 2. The summed E-state index contributed by atoms with van der Waals surface area (Å²) in [6.07, 6.45) is 5.14. The van der Waals surface area contributed by atoms with Crippen LogP contribution in [0.15, 0.2) is 24.3 Å². The van der Waals surface area contributed by atoms with Gasteiger partial charge in [-0.3, -0.25) is 9.59 Å². The molecule has 1 aliphatic carbocycles. The van der Waals surface area contributed by atoms with E-state index in [1.54, 1.807) is 13.2 Å². The largest absolute Gasteiger partial charge is 0.493 e. The summed E-state index contributed by atoms with van der Waals surface area (Å²) in [5.74, 6) is 1.82. The smallest absolute Gasteiger partial charge is 0.244 e. The van der Waals surface area contributed by atoms with Gasteiger partial charge in [0.15, 0.2) is 11.5 Å². The minimum atomic E-state index is -0.204. The summed E-state index contributed by atoms with van der Waals surface area (Å²) in [7, 11) is 1.59. The van der Waals surface area contributed by atoms with Crippen molar-refractivity contribution in [2.24, 2.45) is 11.8 Å². The van der Waals surface area contributed by atoms with E-state index in [-0.39, 0.29) is 17.7 Å². The van der Waals surface area contributed by atoms with Crippen LogP contribution in [0.25, 0.3) is 6.08 Å². The Hall–Kier alpha value is -2.50. The van der Waals surface area contributed by atoms with Crippen molar-refractivity contribution >= 4 is 17.9 Å². The molecule has 2 N–H and O–H groups in total. The van der Waals surface area contributed by atoms with Gasteiger partial charge in [-0.1, -0.05) is 19.9 Å². The summed E-state index contributed by atoms with van der Waals surface area (Å²) in [5, 5.41) is 5.55. The first-order valence-electron chi connectivity index (χ1n) is 9.04. The van der Waals surface area contributed by atoms with Crippen molar-refractivity contribution in [3.05, 3.63) is 29.8 Å². The first kappa shape index (κ1) is 19.8. The summed E-state index contributed by atoms with van der Waals surface area (Å²) in [6.45, 7) is 5.64. The Kier molecular flexibility index (Phi) is 7.51. The standard InChI is InChI=1S/C20H28N2O4/c1-14(2)13-26-17-8-4-15(12-18(17)25-3)5-9-19(23)21-10-11-22-20(24)16-6-7-16/h4-5,8-9,12,14,16H,6-7,10-11,13H2,1-3H3,(H,21,23)(H,22,24). The molecule has 1 aromatic rings. The van der Waals surface area contributed by atoms with Crippen LogP contribution in [0, 0.1) is 11.8 Å². The summed E-state index contributed by atoms with van der Waals surface area (Å²) in [4.78, 5) is 23.3.